The first-order valence-electron chi connectivity index (χ1n) is 7.39. The zero-order valence-electron chi connectivity index (χ0n) is 13.4. The molecule has 1 aromatic carbocycles. The van der Waals surface area contributed by atoms with Crippen molar-refractivity contribution >= 4 is 15.9 Å². The molecule has 0 bridgehead atoms. The van der Waals surface area contributed by atoms with E-state index in [1.54, 1.807) is 13.1 Å². The summed E-state index contributed by atoms with van der Waals surface area (Å²) in [7, 11) is -1.89. The second-order valence-electron chi connectivity index (χ2n) is 5.28. The number of hydrogen-bond acceptors (Lipinski definition) is 3. The van der Waals surface area contributed by atoms with Gasteiger partial charge >= 0.3 is 10.2 Å². The van der Waals surface area contributed by atoms with Gasteiger partial charge in [0, 0.05) is 13.6 Å². The minimum Gasteiger partial charge on any atom is -0.317 e. The molecule has 6 heteroatoms. The average Bonchev–Trinajstić information content (AvgIpc) is 2.43. The van der Waals surface area contributed by atoms with Crippen LogP contribution >= 0.6 is 0 Å². The molecule has 0 radical (unpaired) electrons. The van der Waals surface area contributed by atoms with Crippen LogP contribution in [0.5, 0.6) is 0 Å². The molecule has 0 amide bonds. The van der Waals surface area contributed by atoms with Crippen LogP contribution in [0.3, 0.4) is 0 Å². The maximum atomic E-state index is 12.3. The number of nitrogens with zero attached hydrogens (tertiary/aromatic N) is 1. The van der Waals surface area contributed by atoms with E-state index >= 15 is 0 Å². The molecule has 0 aromatic heterocycles. The lowest BCUT2D eigenvalue weighted by Gasteiger charge is -2.19. The molecule has 0 unspecified atom stereocenters. The van der Waals surface area contributed by atoms with Crippen LogP contribution < -0.4 is 10.0 Å². The van der Waals surface area contributed by atoms with Crippen molar-refractivity contribution in [3.63, 3.8) is 0 Å². The summed E-state index contributed by atoms with van der Waals surface area (Å²) in [6, 6.07) is 5.61. The molecular weight excluding hydrogens is 286 g/mol. The second-order valence-corrected chi connectivity index (χ2v) is 7.06. The predicted molar refractivity (Wildman–Crippen MR) is 88.9 cm³/mol. The maximum absolute atomic E-state index is 12.3. The predicted octanol–water partition coefficient (Wildman–Crippen LogP) is 2.28. The van der Waals surface area contributed by atoms with Gasteiger partial charge < -0.3 is 5.32 Å². The number of rotatable bonds is 9. The van der Waals surface area contributed by atoms with Gasteiger partial charge in [0.15, 0.2) is 0 Å². The summed E-state index contributed by atoms with van der Waals surface area (Å²) in [5, 5.41) is 3.27. The third-order valence-corrected chi connectivity index (χ3v) is 4.99. The molecular formula is C15H27N3O2S. The van der Waals surface area contributed by atoms with Crippen LogP contribution in [0.1, 0.15) is 30.9 Å². The highest BCUT2D eigenvalue weighted by Gasteiger charge is 2.18. The van der Waals surface area contributed by atoms with Crippen molar-refractivity contribution in [2.75, 3.05) is 31.4 Å². The molecule has 120 valence electrons. The number of aryl methyl sites for hydroxylation is 1. The van der Waals surface area contributed by atoms with E-state index in [1.165, 1.54) is 4.31 Å². The Hall–Kier alpha value is -1.11. The average molecular weight is 313 g/mol. The number of benzene rings is 1. The molecule has 0 saturated heterocycles. The molecule has 21 heavy (non-hydrogen) atoms. The topological polar surface area (TPSA) is 61.4 Å². The lowest BCUT2D eigenvalue weighted by molar-refractivity contribution is 0.458. The Morgan fingerprint density at radius 1 is 1.19 bits per heavy atom. The summed E-state index contributed by atoms with van der Waals surface area (Å²) in [5.74, 6) is 0. The minimum atomic E-state index is -3.49. The number of anilines is 1. The van der Waals surface area contributed by atoms with E-state index in [0.29, 0.717) is 12.2 Å². The largest absolute Gasteiger partial charge is 0.317 e. The molecule has 5 nitrogen and oxygen atoms in total. The van der Waals surface area contributed by atoms with Crippen molar-refractivity contribution in [2.24, 2.45) is 0 Å². The first kappa shape index (κ1) is 17.9. The Labute approximate surface area is 128 Å². The molecule has 1 rings (SSSR count). The summed E-state index contributed by atoms with van der Waals surface area (Å²) in [5.41, 5.74) is 2.67. The van der Waals surface area contributed by atoms with Crippen molar-refractivity contribution < 1.29 is 8.42 Å². The van der Waals surface area contributed by atoms with E-state index in [9.17, 15) is 8.42 Å². The fourth-order valence-electron chi connectivity index (χ4n) is 1.93. The highest BCUT2D eigenvalue weighted by atomic mass is 32.2. The Bertz CT molecular complexity index is 544. The lowest BCUT2D eigenvalue weighted by Crippen LogP contribution is -2.34. The van der Waals surface area contributed by atoms with Gasteiger partial charge in [0.05, 0.1) is 5.69 Å². The monoisotopic (exact) mass is 313 g/mol. The zero-order chi connectivity index (χ0) is 15.9. The molecule has 2 N–H and O–H groups in total. The van der Waals surface area contributed by atoms with Gasteiger partial charge in [-0.25, -0.2) is 0 Å². The quantitative estimate of drug-likeness (QED) is 0.688. The molecule has 1 aromatic rings. The van der Waals surface area contributed by atoms with Crippen LogP contribution in [0, 0.1) is 13.8 Å². The standard InChI is InChI=1S/C15H27N3O2S/c1-5-10-16-11-7-12-18(4)21(19,20)17-15-9-6-8-13(2)14(15)3/h6,8-9,16-17H,5,7,10-12H2,1-4H3. The third kappa shape index (κ3) is 5.65. The van der Waals surface area contributed by atoms with Crippen molar-refractivity contribution in [2.45, 2.75) is 33.6 Å². The normalized spacial score (nSPS) is 11.9. The van der Waals surface area contributed by atoms with Gasteiger partial charge in [-0.05, 0) is 57.0 Å². The Morgan fingerprint density at radius 2 is 1.90 bits per heavy atom. The van der Waals surface area contributed by atoms with Crippen molar-refractivity contribution in [1.82, 2.24) is 9.62 Å². The van der Waals surface area contributed by atoms with Gasteiger partial charge in [0.25, 0.3) is 0 Å². The number of hydrogen-bond donors (Lipinski definition) is 2. The summed E-state index contributed by atoms with van der Waals surface area (Å²) < 4.78 is 28.6. The molecule has 0 aliphatic carbocycles. The SMILES string of the molecule is CCCNCCCN(C)S(=O)(=O)Nc1cccc(C)c1C. The second kappa shape index (κ2) is 8.36. The Balaban J connectivity index is 2.58. The van der Waals surface area contributed by atoms with Crippen molar-refractivity contribution in [3.05, 3.63) is 29.3 Å². The van der Waals surface area contributed by atoms with E-state index in [0.717, 1.165) is 37.1 Å². The van der Waals surface area contributed by atoms with Gasteiger partial charge in [0.1, 0.15) is 0 Å². The van der Waals surface area contributed by atoms with E-state index in [-0.39, 0.29) is 0 Å². The van der Waals surface area contributed by atoms with Crippen LogP contribution in [0.25, 0.3) is 0 Å². The highest BCUT2D eigenvalue weighted by molar-refractivity contribution is 7.90. The summed E-state index contributed by atoms with van der Waals surface area (Å²) in [6.45, 7) is 8.29. The van der Waals surface area contributed by atoms with E-state index in [2.05, 4.69) is 17.0 Å². The molecule has 0 aliphatic rings. The first-order valence-corrected chi connectivity index (χ1v) is 8.83. The van der Waals surface area contributed by atoms with Crippen LogP contribution in [0.4, 0.5) is 5.69 Å². The van der Waals surface area contributed by atoms with E-state index < -0.39 is 10.2 Å². The van der Waals surface area contributed by atoms with E-state index in [1.807, 2.05) is 26.0 Å². The van der Waals surface area contributed by atoms with Crippen molar-refractivity contribution in [3.8, 4) is 0 Å². The highest BCUT2D eigenvalue weighted by Crippen LogP contribution is 2.19. The summed E-state index contributed by atoms with van der Waals surface area (Å²) in [4.78, 5) is 0. The molecule has 0 atom stereocenters. The lowest BCUT2D eigenvalue weighted by atomic mass is 10.1. The third-order valence-electron chi connectivity index (χ3n) is 3.51. The van der Waals surface area contributed by atoms with Crippen LogP contribution in [-0.4, -0.2) is 39.4 Å². The summed E-state index contributed by atoms with van der Waals surface area (Å²) >= 11 is 0. The van der Waals surface area contributed by atoms with Crippen LogP contribution in [0.2, 0.25) is 0 Å². The van der Waals surface area contributed by atoms with Gasteiger partial charge in [-0.3, -0.25) is 4.72 Å². The Kier molecular flexibility index (Phi) is 7.14. The van der Waals surface area contributed by atoms with Crippen LogP contribution in [0.15, 0.2) is 18.2 Å². The smallest absolute Gasteiger partial charge is 0.301 e. The molecule has 0 spiro atoms. The minimum absolute atomic E-state index is 0.497. The molecule has 0 fully saturated rings. The van der Waals surface area contributed by atoms with Gasteiger partial charge in [-0.2, -0.15) is 12.7 Å². The first-order chi connectivity index (χ1) is 9.88. The zero-order valence-corrected chi connectivity index (χ0v) is 14.3. The fourth-order valence-corrected chi connectivity index (χ4v) is 2.95. The molecule has 0 heterocycles. The van der Waals surface area contributed by atoms with Gasteiger partial charge in [-0.1, -0.05) is 19.1 Å². The van der Waals surface area contributed by atoms with Gasteiger partial charge in [-0.15, -0.1) is 0 Å². The fraction of sp³-hybridized carbons (Fsp3) is 0.600. The Morgan fingerprint density at radius 3 is 2.57 bits per heavy atom. The molecule has 0 saturated carbocycles. The van der Waals surface area contributed by atoms with Crippen LogP contribution in [-0.2, 0) is 10.2 Å². The number of nitrogens with one attached hydrogen (secondary N) is 2. The van der Waals surface area contributed by atoms with Gasteiger partial charge in [0.2, 0.25) is 0 Å². The molecule has 0 aliphatic heterocycles. The maximum Gasteiger partial charge on any atom is 0.301 e. The van der Waals surface area contributed by atoms with E-state index in [4.69, 9.17) is 0 Å². The summed E-state index contributed by atoms with van der Waals surface area (Å²) in [6.07, 6.45) is 1.88. The van der Waals surface area contributed by atoms with Crippen molar-refractivity contribution in [1.29, 1.82) is 0 Å².